The molecule has 0 saturated heterocycles. The summed E-state index contributed by atoms with van der Waals surface area (Å²) in [5, 5.41) is 0. The smallest absolute Gasteiger partial charge is 0.0796 e. The predicted molar refractivity (Wildman–Crippen MR) is 75.4 cm³/mol. The van der Waals surface area contributed by atoms with Gasteiger partial charge in [0.2, 0.25) is 0 Å². The van der Waals surface area contributed by atoms with Crippen molar-refractivity contribution in [3.8, 4) is 0 Å². The molecule has 0 aliphatic heterocycles. The number of rotatable bonds is 2. The molecule has 0 spiro atoms. The fourth-order valence-electron chi connectivity index (χ4n) is 1.98. The number of allylic oxidation sites excluding steroid dienone is 3. The molecule has 0 saturated carbocycles. The molecule has 0 unspecified atom stereocenters. The molecule has 17 heavy (non-hydrogen) atoms. The summed E-state index contributed by atoms with van der Waals surface area (Å²) in [5.74, 6) is 0. The first kappa shape index (κ1) is 13.2. The lowest BCUT2D eigenvalue weighted by atomic mass is 10.1. The van der Waals surface area contributed by atoms with Crippen LogP contribution in [-0.2, 0) is 0 Å². The molecule has 0 bridgehead atoms. The minimum atomic E-state index is 0.969. The molecular formula is C15H20N2. The zero-order valence-corrected chi connectivity index (χ0v) is 11.1. The maximum Gasteiger partial charge on any atom is 0.0796 e. The van der Waals surface area contributed by atoms with E-state index >= 15 is 0 Å². The highest BCUT2D eigenvalue weighted by Crippen LogP contribution is 2.39. The Morgan fingerprint density at radius 1 is 1.29 bits per heavy atom. The van der Waals surface area contributed by atoms with Crippen LogP contribution in [0.5, 0.6) is 0 Å². The van der Waals surface area contributed by atoms with Gasteiger partial charge in [-0.15, -0.1) is 0 Å². The Morgan fingerprint density at radius 3 is 2.47 bits per heavy atom. The molecule has 1 heterocycles. The van der Waals surface area contributed by atoms with E-state index in [4.69, 9.17) is 0 Å². The average Bonchev–Trinajstić information content (AvgIpc) is 2.65. The Labute approximate surface area is 104 Å². The van der Waals surface area contributed by atoms with Crippen molar-refractivity contribution < 1.29 is 0 Å². The van der Waals surface area contributed by atoms with Gasteiger partial charge in [-0.2, -0.15) is 0 Å². The standard InChI is InChI=1S/C13H14N2.C2H6/c1-5-10-11-7-6-8-14-12(11)9(2)13(10)15(3)4;1-2/h5-8H,1-2H2,3-4H3;1-2H3. The van der Waals surface area contributed by atoms with Gasteiger partial charge in [-0.05, 0) is 6.07 Å². The van der Waals surface area contributed by atoms with Gasteiger partial charge in [0.05, 0.1) is 11.4 Å². The molecule has 2 heteroatoms. The van der Waals surface area contributed by atoms with Crippen LogP contribution in [0.4, 0.5) is 0 Å². The fourth-order valence-corrected chi connectivity index (χ4v) is 1.98. The Balaban J connectivity index is 0.000000686. The van der Waals surface area contributed by atoms with Crippen LogP contribution in [0.25, 0.3) is 11.1 Å². The number of likely N-dealkylation sites (N-methyl/N-ethyl adjacent to an activating group) is 1. The summed E-state index contributed by atoms with van der Waals surface area (Å²) in [6.07, 6.45) is 3.66. The van der Waals surface area contributed by atoms with E-state index in [0.717, 1.165) is 28.1 Å². The maximum absolute atomic E-state index is 4.36. The van der Waals surface area contributed by atoms with Gasteiger partial charge < -0.3 is 4.90 Å². The van der Waals surface area contributed by atoms with E-state index in [1.54, 1.807) is 6.20 Å². The van der Waals surface area contributed by atoms with Crippen LogP contribution in [0.3, 0.4) is 0 Å². The molecule has 0 atom stereocenters. The summed E-state index contributed by atoms with van der Waals surface area (Å²) < 4.78 is 0. The van der Waals surface area contributed by atoms with Gasteiger partial charge in [0.15, 0.2) is 0 Å². The van der Waals surface area contributed by atoms with Crippen molar-refractivity contribution in [1.29, 1.82) is 0 Å². The van der Waals surface area contributed by atoms with Gasteiger partial charge in [-0.1, -0.05) is 39.1 Å². The first-order chi connectivity index (χ1) is 8.16. The number of hydrogen-bond acceptors (Lipinski definition) is 2. The summed E-state index contributed by atoms with van der Waals surface area (Å²) in [6, 6.07) is 4.00. The quantitative estimate of drug-likeness (QED) is 0.769. The molecule has 1 aromatic rings. The number of pyridine rings is 1. The lowest BCUT2D eigenvalue weighted by molar-refractivity contribution is 0.539. The van der Waals surface area contributed by atoms with Gasteiger partial charge in [0.25, 0.3) is 0 Å². The van der Waals surface area contributed by atoms with Crippen molar-refractivity contribution in [3.63, 3.8) is 0 Å². The van der Waals surface area contributed by atoms with Crippen LogP contribution < -0.4 is 0 Å². The monoisotopic (exact) mass is 228 g/mol. The second-order valence-electron chi connectivity index (χ2n) is 3.74. The zero-order valence-electron chi connectivity index (χ0n) is 11.1. The van der Waals surface area contributed by atoms with Gasteiger partial charge in [-0.25, -0.2) is 0 Å². The Hall–Kier alpha value is -1.83. The Bertz CT molecular complexity index is 468. The van der Waals surface area contributed by atoms with Gasteiger partial charge in [-0.3, -0.25) is 4.98 Å². The summed E-state index contributed by atoms with van der Waals surface area (Å²) >= 11 is 0. The highest BCUT2D eigenvalue weighted by molar-refractivity contribution is 6.00. The van der Waals surface area contributed by atoms with Gasteiger partial charge in [0, 0.05) is 37.0 Å². The van der Waals surface area contributed by atoms with Crippen molar-refractivity contribution in [2.24, 2.45) is 0 Å². The van der Waals surface area contributed by atoms with Crippen molar-refractivity contribution in [2.45, 2.75) is 13.8 Å². The highest BCUT2D eigenvalue weighted by Gasteiger charge is 2.25. The minimum Gasteiger partial charge on any atom is -0.377 e. The van der Waals surface area contributed by atoms with E-state index in [1.807, 2.05) is 40.1 Å². The third kappa shape index (κ3) is 2.16. The molecule has 2 rings (SSSR count). The van der Waals surface area contributed by atoms with Crippen molar-refractivity contribution in [3.05, 3.63) is 54.5 Å². The van der Waals surface area contributed by atoms with Crippen LogP contribution in [-0.4, -0.2) is 24.0 Å². The van der Waals surface area contributed by atoms with Crippen LogP contribution in [0, 0.1) is 0 Å². The highest BCUT2D eigenvalue weighted by atomic mass is 15.1. The molecule has 1 aromatic heterocycles. The van der Waals surface area contributed by atoms with Crippen LogP contribution in [0.2, 0.25) is 0 Å². The van der Waals surface area contributed by atoms with E-state index < -0.39 is 0 Å². The van der Waals surface area contributed by atoms with Gasteiger partial charge >= 0.3 is 0 Å². The van der Waals surface area contributed by atoms with Crippen LogP contribution >= 0.6 is 0 Å². The minimum absolute atomic E-state index is 0.969. The predicted octanol–water partition coefficient (Wildman–Crippen LogP) is 3.59. The van der Waals surface area contributed by atoms with E-state index in [0.29, 0.717) is 0 Å². The van der Waals surface area contributed by atoms with Crippen LogP contribution in [0.1, 0.15) is 25.1 Å². The first-order valence-corrected chi connectivity index (χ1v) is 5.86. The third-order valence-corrected chi connectivity index (χ3v) is 2.58. The number of aromatic nitrogens is 1. The topological polar surface area (TPSA) is 16.1 Å². The second-order valence-corrected chi connectivity index (χ2v) is 3.74. The van der Waals surface area contributed by atoms with Crippen molar-refractivity contribution >= 4 is 11.1 Å². The molecule has 0 fully saturated rings. The van der Waals surface area contributed by atoms with E-state index in [2.05, 4.69) is 29.1 Å². The summed E-state index contributed by atoms with van der Waals surface area (Å²) in [7, 11) is 4.02. The fraction of sp³-hybridized carbons (Fsp3) is 0.267. The number of fused-ring (bicyclic) bond motifs is 1. The second kappa shape index (κ2) is 5.48. The summed E-state index contributed by atoms with van der Waals surface area (Å²) in [5.41, 5.74) is 5.30. The lowest BCUT2D eigenvalue weighted by Crippen LogP contribution is -2.11. The molecular weight excluding hydrogens is 208 g/mol. The molecule has 1 aliphatic carbocycles. The molecule has 90 valence electrons. The molecule has 0 radical (unpaired) electrons. The van der Waals surface area contributed by atoms with Crippen molar-refractivity contribution in [2.75, 3.05) is 14.1 Å². The first-order valence-electron chi connectivity index (χ1n) is 5.86. The molecule has 0 amide bonds. The third-order valence-electron chi connectivity index (χ3n) is 2.58. The largest absolute Gasteiger partial charge is 0.377 e. The Morgan fingerprint density at radius 2 is 1.94 bits per heavy atom. The van der Waals surface area contributed by atoms with E-state index in [1.165, 1.54) is 0 Å². The normalized spacial score (nSPS) is 12.8. The van der Waals surface area contributed by atoms with E-state index in [-0.39, 0.29) is 0 Å². The molecule has 2 nitrogen and oxygen atoms in total. The average molecular weight is 228 g/mol. The lowest BCUT2D eigenvalue weighted by Gasteiger charge is -2.16. The molecule has 0 N–H and O–H groups in total. The summed E-state index contributed by atoms with van der Waals surface area (Å²) in [6.45, 7) is 11.9. The SMILES string of the molecule is C=CC1=C(N(C)C)C(=C)c2ncccc21.CC. The Kier molecular flexibility index (Phi) is 4.27. The van der Waals surface area contributed by atoms with Crippen LogP contribution in [0.15, 0.2) is 43.3 Å². The molecule has 0 aromatic carbocycles. The number of hydrogen-bond donors (Lipinski definition) is 0. The number of nitrogens with zero attached hydrogens (tertiary/aromatic N) is 2. The van der Waals surface area contributed by atoms with Crippen molar-refractivity contribution in [1.82, 2.24) is 9.88 Å². The van der Waals surface area contributed by atoms with E-state index in [9.17, 15) is 0 Å². The summed E-state index contributed by atoms with van der Waals surface area (Å²) in [4.78, 5) is 6.41. The van der Waals surface area contributed by atoms with Gasteiger partial charge in [0.1, 0.15) is 0 Å². The zero-order chi connectivity index (χ0) is 13.0. The molecule has 1 aliphatic rings. The maximum atomic E-state index is 4.36.